The Morgan fingerprint density at radius 2 is 2.05 bits per heavy atom. The van der Waals surface area contributed by atoms with E-state index in [9.17, 15) is 4.39 Å². The highest BCUT2D eigenvalue weighted by Crippen LogP contribution is 2.21. The van der Waals surface area contributed by atoms with Gasteiger partial charge in [-0.1, -0.05) is 28.9 Å². The standard InChI is InChI=1S/C17H19BrFNO/c1-3-12(2)21-16-6-4-5-15(10-16)20-11-13-9-14(18)7-8-17(13)19/h4-10,12,20H,3,11H2,1-2H3. The number of rotatable bonds is 6. The van der Waals surface area contributed by atoms with E-state index in [2.05, 4.69) is 28.2 Å². The first kappa shape index (κ1) is 15.8. The largest absolute Gasteiger partial charge is 0.491 e. The number of hydrogen-bond acceptors (Lipinski definition) is 2. The van der Waals surface area contributed by atoms with Crippen molar-refractivity contribution in [3.8, 4) is 5.75 Å². The van der Waals surface area contributed by atoms with Gasteiger partial charge in [-0.05, 0) is 43.7 Å². The maximum atomic E-state index is 13.7. The predicted octanol–water partition coefficient (Wildman–Crippen LogP) is 5.38. The van der Waals surface area contributed by atoms with Crippen molar-refractivity contribution in [2.75, 3.05) is 5.32 Å². The number of halogens is 2. The summed E-state index contributed by atoms with van der Waals surface area (Å²) in [5.74, 6) is 0.613. The smallest absolute Gasteiger partial charge is 0.128 e. The van der Waals surface area contributed by atoms with E-state index in [0.717, 1.165) is 22.3 Å². The fourth-order valence-corrected chi connectivity index (χ4v) is 2.28. The molecule has 0 fully saturated rings. The molecule has 2 aromatic rings. The fourth-order valence-electron chi connectivity index (χ4n) is 1.87. The molecule has 1 unspecified atom stereocenters. The molecule has 0 spiro atoms. The first-order valence-corrected chi connectivity index (χ1v) is 7.82. The van der Waals surface area contributed by atoms with Gasteiger partial charge in [-0.15, -0.1) is 0 Å². The molecule has 0 amide bonds. The van der Waals surface area contributed by atoms with Crippen molar-refractivity contribution < 1.29 is 9.13 Å². The van der Waals surface area contributed by atoms with Crippen molar-refractivity contribution in [2.45, 2.75) is 32.9 Å². The molecule has 0 aliphatic heterocycles. The summed E-state index contributed by atoms with van der Waals surface area (Å²) in [4.78, 5) is 0. The topological polar surface area (TPSA) is 21.3 Å². The Kier molecular flexibility index (Phi) is 5.62. The minimum atomic E-state index is -0.210. The van der Waals surface area contributed by atoms with Crippen LogP contribution in [0.15, 0.2) is 46.9 Å². The molecule has 1 N–H and O–H groups in total. The summed E-state index contributed by atoms with van der Waals surface area (Å²) >= 11 is 3.35. The van der Waals surface area contributed by atoms with Crippen LogP contribution in [0.5, 0.6) is 5.75 Å². The average molecular weight is 352 g/mol. The number of ether oxygens (including phenoxy) is 1. The molecular formula is C17H19BrFNO. The van der Waals surface area contributed by atoms with Crippen molar-refractivity contribution >= 4 is 21.6 Å². The summed E-state index contributed by atoms with van der Waals surface area (Å²) in [6.45, 7) is 4.55. The zero-order chi connectivity index (χ0) is 15.2. The Morgan fingerprint density at radius 3 is 2.81 bits per heavy atom. The lowest BCUT2D eigenvalue weighted by atomic mass is 10.2. The first-order chi connectivity index (χ1) is 10.1. The lowest BCUT2D eigenvalue weighted by molar-refractivity contribution is 0.217. The Morgan fingerprint density at radius 1 is 1.24 bits per heavy atom. The van der Waals surface area contributed by atoms with Gasteiger partial charge in [0.2, 0.25) is 0 Å². The second-order valence-electron chi connectivity index (χ2n) is 4.95. The van der Waals surface area contributed by atoms with Gasteiger partial charge in [-0.3, -0.25) is 0 Å². The molecule has 0 heterocycles. The number of nitrogens with one attached hydrogen (secondary N) is 1. The monoisotopic (exact) mass is 351 g/mol. The van der Waals surface area contributed by atoms with E-state index in [1.54, 1.807) is 12.1 Å². The summed E-state index contributed by atoms with van der Waals surface area (Å²) in [5.41, 5.74) is 1.54. The maximum absolute atomic E-state index is 13.7. The number of anilines is 1. The highest BCUT2D eigenvalue weighted by molar-refractivity contribution is 9.10. The molecule has 4 heteroatoms. The molecule has 112 valence electrons. The molecule has 2 aromatic carbocycles. The molecule has 0 aliphatic carbocycles. The van der Waals surface area contributed by atoms with Crippen LogP contribution in [0, 0.1) is 5.82 Å². The van der Waals surface area contributed by atoms with Crippen LogP contribution in [0.4, 0.5) is 10.1 Å². The molecule has 1 atom stereocenters. The van der Waals surface area contributed by atoms with Crippen molar-refractivity contribution in [3.63, 3.8) is 0 Å². The Bertz CT molecular complexity index is 603. The van der Waals surface area contributed by atoms with Crippen molar-refractivity contribution in [1.29, 1.82) is 0 Å². The van der Waals surface area contributed by atoms with Crippen LogP contribution in [0.2, 0.25) is 0 Å². The summed E-state index contributed by atoms with van der Waals surface area (Å²) in [5, 5.41) is 3.22. The van der Waals surface area contributed by atoms with E-state index < -0.39 is 0 Å². The van der Waals surface area contributed by atoms with Crippen molar-refractivity contribution in [2.24, 2.45) is 0 Å². The van der Waals surface area contributed by atoms with E-state index in [0.29, 0.717) is 12.1 Å². The van der Waals surface area contributed by atoms with Crippen molar-refractivity contribution in [1.82, 2.24) is 0 Å². The Balaban J connectivity index is 2.03. The van der Waals surface area contributed by atoms with E-state index in [1.807, 2.05) is 31.2 Å². The minimum Gasteiger partial charge on any atom is -0.491 e. The molecule has 2 nitrogen and oxygen atoms in total. The average Bonchev–Trinajstić information content (AvgIpc) is 2.48. The van der Waals surface area contributed by atoms with Gasteiger partial charge in [0.1, 0.15) is 11.6 Å². The van der Waals surface area contributed by atoms with Gasteiger partial charge in [0.25, 0.3) is 0 Å². The Hall–Kier alpha value is -1.55. The minimum absolute atomic E-state index is 0.183. The summed E-state index contributed by atoms with van der Waals surface area (Å²) in [7, 11) is 0. The fraction of sp³-hybridized carbons (Fsp3) is 0.294. The van der Waals surface area contributed by atoms with Gasteiger partial charge in [0, 0.05) is 28.3 Å². The maximum Gasteiger partial charge on any atom is 0.128 e. The number of benzene rings is 2. The molecule has 0 bridgehead atoms. The first-order valence-electron chi connectivity index (χ1n) is 7.03. The Labute approximate surface area is 133 Å². The van der Waals surface area contributed by atoms with Gasteiger partial charge in [-0.25, -0.2) is 4.39 Å². The van der Waals surface area contributed by atoms with Crippen LogP contribution in [0.25, 0.3) is 0 Å². The third-order valence-electron chi connectivity index (χ3n) is 3.24. The highest BCUT2D eigenvalue weighted by atomic mass is 79.9. The summed E-state index contributed by atoms with van der Waals surface area (Å²) < 4.78 is 20.3. The molecule has 21 heavy (non-hydrogen) atoms. The molecule has 2 rings (SSSR count). The van der Waals surface area contributed by atoms with E-state index in [1.165, 1.54) is 6.07 Å². The van der Waals surface area contributed by atoms with Crippen LogP contribution in [-0.2, 0) is 6.54 Å². The summed E-state index contributed by atoms with van der Waals surface area (Å²) in [6.07, 6.45) is 1.14. The molecule has 0 radical (unpaired) electrons. The third-order valence-corrected chi connectivity index (χ3v) is 3.73. The molecule has 0 saturated heterocycles. The van der Waals surface area contributed by atoms with Crippen LogP contribution >= 0.6 is 15.9 Å². The molecular weight excluding hydrogens is 333 g/mol. The normalized spacial score (nSPS) is 12.0. The highest BCUT2D eigenvalue weighted by Gasteiger charge is 2.04. The lowest BCUT2D eigenvalue weighted by Gasteiger charge is -2.14. The molecule has 0 aromatic heterocycles. The molecule has 0 aliphatic rings. The van der Waals surface area contributed by atoms with Gasteiger partial charge >= 0.3 is 0 Å². The zero-order valence-electron chi connectivity index (χ0n) is 12.2. The van der Waals surface area contributed by atoms with Crippen LogP contribution in [0.1, 0.15) is 25.8 Å². The van der Waals surface area contributed by atoms with Crippen molar-refractivity contribution in [3.05, 3.63) is 58.3 Å². The quantitative estimate of drug-likeness (QED) is 0.754. The van der Waals surface area contributed by atoms with Crippen LogP contribution in [0.3, 0.4) is 0 Å². The SMILES string of the molecule is CCC(C)Oc1cccc(NCc2cc(Br)ccc2F)c1. The summed E-state index contributed by atoms with van der Waals surface area (Å²) in [6, 6.07) is 12.7. The number of hydrogen-bond donors (Lipinski definition) is 1. The van der Waals surface area contributed by atoms with Crippen LogP contribution in [-0.4, -0.2) is 6.10 Å². The zero-order valence-corrected chi connectivity index (χ0v) is 13.8. The van der Waals surface area contributed by atoms with Gasteiger partial charge in [0.15, 0.2) is 0 Å². The van der Waals surface area contributed by atoms with E-state index in [-0.39, 0.29) is 11.9 Å². The van der Waals surface area contributed by atoms with E-state index in [4.69, 9.17) is 4.74 Å². The second-order valence-corrected chi connectivity index (χ2v) is 5.87. The van der Waals surface area contributed by atoms with Crippen LogP contribution < -0.4 is 10.1 Å². The second kappa shape index (κ2) is 7.46. The van der Waals surface area contributed by atoms with E-state index >= 15 is 0 Å². The van der Waals surface area contributed by atoms with Gasteiger partial charge < -0.3 is 10.1 Å². The van der Waals surface area contributed by atoms with Gasteiger partial charge in [-0.2, -0.15) is 0 Å². The predicted molar refractivity (Wildman–Crippen MR) is 88.2 cm³/mol. The van der Waals surface area contributed by atoms with Gasteiger partial charge in [0.05, 0.1) is 6.10 Å². The lowest BCUT2D eigenvalue weighted by Crippen LogP contribution is -2.10. The molecule has 0 saturated carbocycles. The third kappa shape index (κ3) is 4.74.